The number of carbonyl (C=O) groups is 1. The van der Waals surface area contributed by atoms with Crippen molar-refractivity contribution in [2.45, 2.75) is 38.6 Å². The second-order valence-electron chi connectivity index (χ2n) is 11.7. The first kappa shape index (κ1) is 28.3. The molecule has 0 fully saturated rings. The number of anilines is 1. The molecule has 0 saturated carbocycles. The number of rotatable bonds is 9. The smallest absolute Gasteiger partial charge is 0.232 e. The third-order valence-electron chi connectivity index (χ3n) is 7.99. The van der Waals surface area contributed by atoms with Crippen molar-refractivity contribution in [3.05, 3.63) is 112 Å². The molecule has 42 heavy (non-hydrogen) atoms. The molecule has 3 heterocycles. The van der Waals surface area contributed by atoms with E-state index >= 15 is 0 Å². The Balaban J connectivity index is 1.18. The van der Waals surface area contributed by atoms with E-state index in [9.17, 15) is 4.79 Å². The number of H-pyrrole nitrogens is 1. The van der Waals surface area contributed by atoms with E-state index in [1.54, 1.807) is 18.5 Å². The number of benzene rings is 3. The number of nitrogens with two attached hydrogens (primary N) is 1. The van der Waals surface area contributed by atoms with Gasteiger partial charge in [0.05, 0.1) is 12.1 Å². The molecule has 2 aromatic heterocycles. The minimum Gasteiger partial charge on any atom is -0.490 e. The fourth-order valence-electron chi connectivity index (χ4n) is 5.98. The van der Waals surface area contributed by atoms with Gasteiger partial charge in [-0.05, 0) is 76.9 Å². The molecule has 0 radical (unpaired) electrons. The summed E-state index contributed by atoms with van der Waals surface area (Å²) in [6.45, 7) is 4.55. The highest BCUT2D eigenvalue weighted by Crippen LogP contribution is 2.47. The molecule has 2 atom stereocenters. The van der Waals surface area contributed by atoms with E-state index in [4.69, 9.17) is 33.7 Å². The van der Waals surface area contributed by atoms with Gasteiger partial charge in [-0.25, -0.2) is 0 Å². The van der Waals surface area contributed by atoms with E-state index in [-0.39, 0.29) is 17.9 Å². The van der Waals surface area contributed by atoms with Gasteiger partial charge in [0, 0.05) is 50.6 Å². The summed E-state index contributed by atoms with van der Waals surface area (Å²) in [5, 5.41) is 5.44. The highest BCUT2D eigenvalue weighted by atomic mass is 35.5. The third kappa shape index (κ3) is 5.75. The van der Waals surface area contributed by atoms with Crippen LogP contribution in [0.4, 0.5) is 5.69 Å². The topological polar surface area (TPSA) is 93.0 Å². The van der Waals surface area contributed by atoms with Crippen LogP contribution in [0.2, 0.25) is 10.0 Å². The Bertz CT molecular complexity index is 1780. The molecule has 0 spiro atoms. The van der Waals surface area contributed by atoms with Gasteiger partial charge in [-0.2, -0.15) is 0 Å². The van der Waals surface area contributed by atoms with Crippen LogP contribution in [0.1, 0.15) is 36.5 Å². The first-order chi connectivity index (χ1) is 20.2. The van der Waals surface area contributed by atoms with Crippen molar-refractivity contribution < 1.29 is 9.53 Å². The van der Waals surface area contributed by atoms with Gasteiger partial charge in [0.15, 0.2) is 0 Å². The average molecular weight is 600 g/mol. The molecule has 1 aliphatic heterocycles. The largest absolute Gasteiger partial charge is 0.490 e. The summed E-state index contributed by atoms with van der Waals surface area (Å²) in [4.78, 5) is 21.0. The average Bonchev–Trinajstić information content (AvgIpc) is 3.53. The SMILES string of the molecule is CC(C)(Cc1ccc(Cl)cc1Cl)C1C(=O)Nc2ccc(-c3cncc(OC[C@@H](N)Cc4c[nH]c5ccccc45)c3)cc21. The molecule has 3 aromatic carbocycles. The molecule has 1 unspecified atom stereocenters. The van der Waals surface area contributed by atoms with E-state index in [0.29, 0.717) is 35.2 Å². The molecule has 0 aliphatic carbocycles. The molecule has 5 aromatic rings. The van der Waals surface area contributed by atoms with E-state index in [0.717, 1.165) is 33.5 Å². The minimum absolute atomic E-state index is 0.0170. The van der Waals surface area contributed by atoms with Crippen molar-refractivity contribution in [1.29, 1.82) is 0 Å². The highest BCUT2D eigenvalue weighted by molar-refractivity contribution is 6.35. The molecule has 4 N–H and O–H groups in total. The van der Waals surface area contributed by atoms with Gasteiger partial charge >= 0.3 is 0 Å². The Kier molecular flexibility index (Phi) is 7.71. The van der Waals surface area contributed by atoms with Crippen molar-refractivity contribution in [2.24, 2.45) is 11.1 Å². The second kappa shape index (κ2) is 11.4. The summed E-state index contributed by atoms with van der Waals surface area (Å²) in [6, 6.07) is 21.5. The summed E-state index contributed by atoms with van der Waals surface area (Å²) >= 11 is 12.6. The van der Waals surface area contributed by atoms with Gasteiger partial charge in [-0.15, -0.1) is 0 Å². The van der Waals surface area contributed by atoms with Crippen LogP contribution < -0.4 is 15.8 Å². The van der Waals surface area contributed by atoms with Crippen LogP contribution in [0.5, 0.6) is 5.75 Å². The number of ether oxygens (including phenoxy) is 1. The molecular formula is C34H32Cl2N4O2. The van der Waals surface area contributed by atoms with Crippen LogP contribution in [0.3, 0.4) is 0 Å². The number of carbonyl (C=O) groups excluding carboxylic acids is 1. The van der Waals surface area contributed by atoms with E-state index < -0.39 is 5.41 Å². The highest BCUT2D eigenvalue weighted by Gasteiger charge is 2.42. The minimum atomic E-state index is -0.407. The maximum Gasteiger partial charge on any atom is 0.232 e. The van der Waals surface area contributed by atoms with Crippen LogP contribution in [0.15, 0.2) is 85.3 Å². The van der Waals surface area contributed by atoms with Gasteiger partial charge < -0.3 is 20.8 Å². The second-order valence-corrected chi connectivity index (χ2v) is 12.5. The van der Waals surface area contributed by atoms with Crippen LogP contribution in [0, 0.1) is 5.41 Å². The zero-order valence-electron chi connectivity index (χ0n) is 23.5. The van der Waals surface area contributed by atoms with Gasteiger partial charge in [0.25, 0.3) is 0 Å². The fourth-order valence-corrected chi connectivity index (χ4v) is 6.45. The first-order valence-electron chi connectivity index (χ1n) is 14.0. The Morgan fingerprint density at radius 1 is 1.00 bits per heavy atom. The number of halogens is 2. The molecule has 0 bridgehead atoms. The molecule has 0 saturated heterocycles. The number of amides is 1. The van der Waals surface area contributed by atoms with Crippen LogP contribution in [0.25, 0.3) is 22.0 Å². The predicted octanol–water partition coefficient (Wildman–Crippen LogP) is 7.79. The van der Waals surface area contributed by atoms with Crippen molar-refractivity contribution >= 4 is 45.7 Å². The van der Waals surface area contributed by atoms with E-state index in [2.05, 4.69) is 47.3 Å². The Morgan fingerprint density at radius 3 is 2.67 bits per heavy atom. The lowest BCUT2D eigenvalue weighted by atomic mass is 9.71. The standard InChI is InChI=1S/C34H32Cl2N4O2/c1-34(2,15-21-7-9-24(35)14-29(21)36)32-28-13-20(8-10-31(28)40-33(32)41)22-12-26(18-38-16-22)42-19-25(37)11-23-17-39-30-6-4-3-5-27(23)30/h3-10,12-14,16-18,25,32,39H,11,15,19,37H2,1-2H3,(H,40,41)/t25-,32?/m0/s1. The van der Waals surface area contributed by atoms with Crippen molar-refractivity contribution in [1.82, 2.24) is 9.97 Å². The summed E-state index contributed by atoms with van der Waals surface area (Å²) in [5.74, 6) is 0.275. The maximum absolute atomic E-state index is 13.2. The monoisotopic (exact) mass is 598 g/mol. The van der Waals surface area contributed by atoms with E-state index in [1.165, 1.54) is 10.9 Å². The van der Waals surface area contributed by atoms with E-state index in [1.807, 2.05) is 48.7 Å². The molecule has 214 valence electrons. The molecule has 6 nitrogen and oxygen atoms in total. The van der Waals surface area contributed by atoms with Crippen molar-refractivity contribution in [3.63, 3.8) is 0 Å². The molecule has 8 heteroatoms. The lowest BCUT2D eigenvalue weighted by molar-refractivity contribution is -0.119. The number of pyridine rings is 1. The van der Waals surface area contributed by atoms with Gasteiger partial charge in [-0.1, -0.05) is 67.4 Å². The van der Waals surface area contributed by atoms with Gasteiger partial charge in [0.1, 0.15) is 12.4 Å². The zero-order chi connectivity index (χ0) is 29.4. The Labute approximate surface area is 255 Å². The normalized spacial score (nSPS) is 15.5. The Hall–Kier alpha value is -3.84. The number of nitrogens with one attached hydrogen (secondary N) is 2. The number of para-hydroxylation sites is 1. The number of nitrogens with zero attached hydrogens (tertiary/aromatic N) is 1. The first-order valence-corrected chi connectivity index (χ1v) is 14.7. The van der Waals surface area contributed by atoms with Crippen LogP contribution in [-0.2, 0) is 17.6 Å². The number of hydrogen-bond donors (Lipinski definition) is 3. The van der Waals surface area contributed by atoms with Crippen molar-refractivity contribution in [2.75, 3.05) is 11.9 Å². The number of aromatic nitrogens is 2. The Morgan fingerprint density at radius 2 is 1.83 bits per heavy atom. The quantitative estimate of drug-likeness (QED) is 0.161. The number of fused-ring (bicyclic) bond motifs is 2. The fraction of sp³-hybridized carbons (Fsp3) is 0.235. The number of aromatic amines is 1. The summed E-state index contributed by atoms with van der Waals surface area (Å²) in [5.41, 5.74) is 12.9. The predicted molar refractivity (Wildman–Crippen MR) is 170 cm³/mol. The maximum atomic E-state index is 13.2. The molecule has 6 rings (SSSR count). The lowest BCUT2D eigenvalue weighted by Crippen LogP contribution is -2.30. The molecule has 1 aliphatic rings. The zero-order valence-corrected chi connectivity index (χ0v) is 25.0. The molecule has 1 amide bonds. The summed E-state index contributed by atoms with van der Waals surface area (Å²) in [6.07, 6.45) is 6.83. The van der Waals surface area contributed by atoms with Gasteiger partial charge in [0.2, 0.25) is 5.91 Å². The summed E-state index contributed by atoms with van der Waals surface area (Å²) < 4.78 is 6.08. The lowest BCUT2D eigenvalue weighted by Gasteiger charge is -2.31. The third-order valence-corrected chi connectivity index (χ3v) is 8.58. The van der Waals surface area contributed by atoms with Crippen LogP contribution >= 0.6 is 23.2 Å². The van der Waals surface area contributed by atoms with Crippen LogP contribution in [-0.4, -0.2) is 28.5 Å². The van der Waals surface area contributed by atoms with Gasteiger partial charge in [-0.3, -0.25) is 9.78 Å². The van der Waals surface area contributed by atoms with Crippen molar-refractivity contribution in [3.8, 4) is 16.9 Å². The summed E-state index contributed by atoms with van der Waals surface area (Å²) in [7, 11) is 0. The molecular weight excluding hydrogens is 567 g/mol. The number of hydrogen-bond acceptors (Lipinski definition) is 4.